The fourth-order valence-corrected chi connectivity index (χ4v) is 4.67. The Morgan fingerprint density at radius 1 is 1.12 bits per heavy atom. The lowest BCUT2D eigenvalue weighted by Gasteiger charge is -2.28. The minimum absolute atomic E-state index is 0.178. The lowest BCUT2D eigenvalue weighted by Crippen LogP contribution is -2.38. The van der Waals surface area contributed by atoms with Gasteiger partial charge in [0.2, 0.25) is 11.9 Å². The van der Waals surface area contributed by atoms with Gasteiger partial charge in [-0.25, -0.2) is 4.39 Å². The molecule has 0 radical (unpaired) electrons. The summed E-state index contributed by atoms with van der Waals surface area (Å²) in [5.74, 6) is 0.0673. The number of aromatic nitrogens is 4. The number of rotatable bonds is 6. The number of hydrogen-bond acceptors (Lipinski definition) is 7. The lowest BCUT2D eigenvalue weighted by atomic mass is 10.2. The van der Waals surface area contributed by atoms with E-state index < -0.39 is 5.25 Å². The molecular weight excluding hydrogens is 455 g/mol. The van der Waals surface area contributed by atoms with Gasteiger partial charge < -0.3 is 15.0 Å². The van der Waals surface area contributed by atoms with Crippen LogP contribution >= 0.6 is 11.8 Å². The normalized spacial score (nSPS) is 14.8. The third-order valence-corrected chi connectivity index (χ3v) is 6.57. The monoisotopic (exact) mass is 478 g/mol. The molecule has 1 fully saturated rings. The molecule has 1 unspecified atom stereocenters. The third kappa shape index (κ3) is 4.59. The molecule has 1 N–H and O–H groups in total. The molecule has 4 aromatic rings. The van der Waals surface area contributed by atoms with Gasteiger partial charge in [-0.05, 0) is 49.4 Å². The molecule has 1 amide bonds. The van der Waals surface area contributed by atoms with Gasteiger partial charge in [-0.2, -0.15) is 0 Å². The number of ether oxygens (including phenoxy) is 1. The van der Waals surface area contributed by atoms with Gasteiger partial charge in [0.05, 0.1) is 35.4 Å². The van der Waals surface area contributed by atoms with Gasteiger partial charge in [0, 0.05) is 24.7 Å². The van der Waals surface area contributed by atoms with E-state index in [2.05, 4.69) is 25.4 Å². The van der Waals surface area contributed by atoms with Crippen LogP contribution in [-0.2, 0) is 9.53 Å². The van der Waals surface area contributed by atoms with Gasteiger partial charge in [0.15, 0.2) is 5.16 Å². The van der Waals surface area contributed by atoms with Crippen molar-refractivity contribution < 1.29 is 13.9 Å². The Morgan fingerprint density at radius 3 is 2.76 bits per heavy atom. The van der Waals surface area contributed by atoms with Gasteiger partial charge in [0.1, 0.15) is 5.82 Å². The summed E-state index contributed by atoms with van der Waals surface area (Å²) in [5.41, 5.74) is 2.10. The molecular formula is C24H23FN6O2S. The van der Waals surface area contributed by atoms with Gasteiger partial charge >= 0.3 is 0 Å². The van der Waals surface area contributed by atoms with Crippen molar-refractivity contribution in [1.82, 2.24) is 19.7 Å². The topological polar surface area (TPSA) is 85.2 Å². The number of carbonyl (C=O) groups is 1. The highest BCUT2D eigenvalue weighted by molar-refractivity contribution is 8.00. The van der Waals surface area contributed by atoms with E-state index in [0.717, 1.165) is 10.9 Å². The molecule has 1 aliphatic rings. The van der Waals surface area contributed by atoms with Gasteiger partial charge in [-0.15, -0.1) is 10.2 Å². The summed E-state index contributed by atoms with van der Waals surface area (Å²) in [6.45, 7) is 4.28. The second-order valence-corrected chi connectivity index (χ2v) is 9.13. The van der Waals surface area contributed by atoms with Gasteiger partial charge in [0.25, 0.3) is 0 Å². The van der Waals surface area contributed by atoms with Crippen LogP contribution in [0.25, 0.3) is 16.6 Å². The zero-order valence-corrected chi connectivity index (χ0v) is 19.3. The molecule has 174 valence electrons. The minimum atomic E-state index is -0.485. The highest BCUT2D eigenvalue weighted by Crippen LogP contribution is 2.31. The predicted molar refractivity (Wildman–Crippen MR) is 130 cm³/mol. The van der Waals surface area contributed by atoms with Crippen molar-refractivity contribution >= 4 is 40.2 Å². The van der Waals surface area contributed by atoms with Crippen molar-refractivity contribution in [2.75, 3.05) is 36.5 Å². The molecule has 0 spiro atoms. The van der Waals surface area contributed by atoms with E-state index in [1.807, 2.05) is 37.3 Å². The maximum Gasteiger partial charge on any atom is 0.237 e. The van der Waals surface area contributed by atoms with Crippen LogP contribution in [0.5, 0.6) is 0 Å². The van der Waals surface area contributed by atoms with Crippen molar-refractivity contribution in [3.63, 3.8) is 0 Å². The molecule has 2 aromatic carbocycles. The minimum Gasteiger partial charge on any atom is -0.378 e. The summed E-state index contributed by atoms with van der Waals surface area (Å²) in [6.07, 6.45) is 1.72. The first-order valence-electron chi connectivity index (χ1n) is 11.0. The van der Waals surface area contributed by atoms with Gasteiger partial charge in [-0.3, -0.25) is 14.3 Å². The van der Waals surface area contributed by atoms with Crippen molar-refractivity contribution in [3.05, 3.63) is 66.6 Å². The number of pyridine rings is 1. The number of nitrogens with one attached hydrogen (secondary N) is 1. The summed E-state index contributed by atoms with van der Waals surface area (Å²) in [6, 6.07) is 15.6. The van der Waals surface area contributed by atoms with E-state index in [4.69, 9.17) is 4.74 Å². The third-order valence-electron chi connectivity index (χ3n) is 5.53. The Bertz CT molecular complexity index is 1320. The summed E-state index contributed by atoms with van der Waals surface area (Å²) < 4.78 is 21.3. The number of carbonyl (C=O) groups excluding carboxylic acids is 1. The fraction of sp³-hybridized carbons (Fsp3) is 0.250. The van der Waals surface area contributed by atoms with E-state index in [9.17, 15) is 9.18 Å². The van der Waals surface area contributed by atoms with E-state index in [1.165, 1.54) is 23.9 Å². The maximum atomic E-state index is 14.1. The smallest absolute Gasteiger partial charge is 0.237 e. The molecule has 0 aliphatic carbocycles. The van der Waals surface area contributed by atoms with Crippen molar-refractivity contribution in [3.8, 4) is 5.69 Å². The molecule has 0 saturated carbocycles. The molecule has 1 aliphatic heterocycles. The van der Waals surface area contributed by atoms with Crippen LogP contribution < -0.4 is 10.2 Å². The fourth-order valence-electron chi connectivity index (χ4n) is 3.81. The first kappa shape index (κ1) is 22.3. The van der Waals surface area contributed by atoms with Crippen LogP contribution in [0.3, 0.4) is 0 Å². The molecule has 2 aromatic heterocycles. The molecule has 1 saturated heterocycles. The zero-order valence-electron chi connectivity index (χ0n) is 18.5. The Balaban J connectivity index is 1.42. The number of anilines is 2. The maximum absolute atomic E-state index is 14.1. The lowest BCUT2D eigenvalue weighted by molar-refractivity contribution is -0.115. The summed E-state index contributed by atoms with van der Waals surface area (Å²) in [7, 11) is 0. The Labute approximate surface area is 200 Å². The van der Waals surface area contributed by atoms with Crippen LogP contribution in [0, 0.1) is 5.82 Å². The number of nitrogens with zero attached hydrogens (tertiary/aromatic N) is 5. The van der Waals surface area contributed by atoms with E-state index in [0.29, 0.717) is 48.8 Å². The number of morpholine rings is 1. The average molecular weight is 479 g/mol. The van der Waals surface area contributed by atoms with Crippen molar-refractivity contribution in [2.24, 2.45) is 0 Å². The number of thioether (sulfide) groups is 1. The molecule has 3 heterocycles. The van der Waals surface area contributed by atoms with Crippen molar-refractivity contribution in [1.29, 1.82) is 0 Å². The molecule has 10 heteroatoms. The molecule has 1 atom stereocenters. The summed E-state index contributed by atoms with van der Waals surface area (Å²) in [5, 5.41) is 12.6. The first-order valence-corrected chi connectivity index (χ1v) is 11.8. The summed E-state index contributed by atoms with van der Waals surface area (Å²) in [4.78, 5) is 19.5. The number of benzene rings is 2. The number of amides is 1. The largest absolute Gasteiger partial charge is 0.378 e. The molecule has 8 nitrogen and oxygen atoms in total. The predicted octanol–water partition coefficient (Wildman–Crippen LogP) is 3.91. The Morgan fingerprint density at radius 2 is 1.94 bits per heavy atom. The van der Waals surface area contributed by atoms with Crippen LogP contribution in [0.4, 0.5) is 16.0 Å². The number of hydrogen-bond donors (Lipinski definition) is 1. The standard InChI is InChI=1S/C24H23FN6O2S/c1-16(22(32)27-21-9-3-8-20-19(21)7-4-10-26-20)34-24-29-28-23(30-11-13-33-14-12-30)31(24)18-6-2-5-17(25)15-18/h2-10,15-16H,11-14H2,1H3,(H,27,32). The second kappa shape index (κ2) is 9.78. The summed E-state index contributed by atoms with van der Waals surface area (Å²) >= 11 is 1.27. The van der Waals surface area contributed by atoms with Crippen LogP contribution in [-0.4, -0.2) is 57.2 Å². The highest BCUT2D eigenvalue weighted by atomic mass is 32.2. The molecule has 34 heavy (non-hydrogen) atoms. The van der Waals surface area contributed by atoms with E-state index in [-0.39, 0.29) is 11.7 Å². The second-order valence-electron chi connectivity index (χ2n) is 7.82. The van der Waals surface area contributed by atoms with E-state index >= 15 is 0 Å². The van der Waals surface area contributed by atoms with Crippen molar-refractivity contribution in [2.45, 2.75) is 17.3 Å². The zero-order chi connectivity index (χ0) is 23.5. The highest BCUT2D eigenvalue weighted by Gasteiger charge is 2.25. The Kier molecular flexibility index (Phi) is 6.41. The van der Waals surface area contributed by atoms with E-state index in [1.54, 1.807) is 22.9 Å². The van der Waals surface area contributed by atoms with Crippen LogP contribution in [0.15, 0.2) is 66.0 Å². The first-order chi connectivity index (χ1) is 16.6. The Hall–Kier alpha value is -3.50. The average Bonchev–Trinajstić information content (AvgIpc) is 3.28. The number of halogens is 1. The van der Waals surface area contributed by atoms with Crippen LogP contribution in [0.1, 0.15) is 6.92 Å². The quantitative estimate of drug-likeness (QED) is 0.421. The van der Waals surface area contributed by atoms with Gasteiger partial charge in [-0.1, -0.05) is 23.9 Å². The van der Waals surface area contributed by atoms with Crippen LogP contribution in [0.2, 0.25) is 0 Å². The number of fused-ring (bicyclic) bond motifs is 1. The SMILES string of the molecule is CC(Sc1nnc(N2CCOCC2)n1-c1cccc(F)c1)C(=O)Nc1cccc2ncccc12. The molecule has 0 bridgehead atoms. The molecule has 5 rings (SSSR count).